The molecule has 6 rings (SSSR count). The first-order chi connectivity index (χ1) is 16.5. The van der Waals surface area contributed by atoms with E-state index < -0.39 is 5.91 Å². The molecule has 0 spiro atoms. The summed E-state index contributed by atoms with van der Waals surface area (Å²) in [5.74, 6) is -1.11. The maximum atomic E-state index is 13.6. The lowest BCUT2D eigenvalue weighted by Crippen LogP contribution is -2.24. The minimum Gasteiger partial charge on any atom is -0.354 e. The molecular formula is C28H16N2O4. The van der Waals surface area contributed by atoms with Gasteiger partial charge in [-0.1, -0.05) is 54.6 Å². The van der Waals surface area contributed by atoms with Gasteiger partial charge in [-0.25, -0.2) is 0 Å². The van der Waals surface area contributed by atoms with Gasteiger partial charge in [0.05, 0.1) is 22.2 Å². The van der Waals surface area contributed by atoms with Gasteiger partial charge in [0.25, 0.3) is 5.91 Å². The Balaban J connectivity index is 1.69. The van der Waals surface area contributed by atoms with Crippen LogP contribution in [0.4, 0.5) is 5.69 Å². The van der Waals surface area contributed by atoms with Crippen LogP contribution in [-0.4, -0.2) is 22.5 Å². The van der Waals surface area contributed by atoms with Crippen molar-refractivity contribution >= 4 is 45.0 Å². The number of carbonyl (C=O) groups excluding carboxylic acids is 3. The standard InChI is InChI=1S/C28H16N2O4/c31-25-16-10-4-5-11-17(16)26(32)22-19(25)14-21(30-28(34)15-8-2-1-3-9-15)23-24(22)29-20-13-7-6-12-18(20)27(23)33/h1-14H,(H,29,33)(H,30,34). The second-order valence-corrected chi connectivity index (χ2v) is 8.12. The summed E-state index contributed by atoms with van der Waals surface area (Å²) < 4.78 is 0. The first kappa shape index (κ1) is 19.8. The number of para-hydroxylation sites is 1. The van der Waals surface area contributed by atoms with Crippen molar-refractivity contribution in [2.75, 3.05) is 5.32 Å². The fourth-order valence-electron chi connectivity index (χ4n) is 4.56. The average Bonchev–Trinajstić information content (AvgIpc) is 2.87. The molecule has 5 aromatic rings. The molecule has 0 bridgehead atoms. The monoisotopic (exact) mass is 444 g/mol. The van der Waals surface area contributed by atoms with Crippen LogP contribution >= 0.6 is 0 Å². The molecule has 1 aromatic heterocycles. The SMILES string of the molecule is O=C(Nc1cc2c(c3[nH]c4ccccc4c(=O)c13)C(=O)c1ccccc1C2=O)c1ccccc1. The Labute approximate surface area is 192 Å². The van der Waals surface area contributed by atoms with Crippen molar-refractivity contribution < 1.29 is 14.4 Å². The van der Waals surface area contributed by atoms with E-state index in [1.165, 1.54) is 6.07 Å². The van der Waals surface area contributed by atoms with E-state index >= 15 is 0 Å². The highest BCUT2D eigenvalue weighted by atomic mass is 16.2. The minimum atomic E-state index is -0.426. The molecule has 34 heavy (non-hydrogen) atoms. The molecule has 0 atom stereocenters. The Hall–Kier alpha value is -4.84. The lowest BCUT2D eigenvalue weighted by molar-refractivity contribution is 0.0980. The van der Waals surface area contributed by atoms with Crippen LogP contribution in [0.2, 0.25) is 0 Å². The van der Waals surface area contributed by atoms with Gasteiger partial charge in [-0.2, -0.15) is 0 Å². The van der Waals surface area contributed by atoms with Crippen molar-refractivity contribution in [3.63, 3.8) is 0 Å². The number of fused-ring (bicyclic) bond motifs is 5. The lowest BCUT2D eigenvalue weighted by atomic mass is 9.82. The molecule has 0 aliphatic heterocycles. The van der Waals surface area contributed by atoms with Crippen molar-refractivity contribution in [2.24, 2.45) is 0 Å². The Morgan fingerprint density at radius 1 is 0.706 bits per heavy atom. The van der Waals surface area contributed by atoms with Crippen molar-refractivity contribution in [3.8, 4) is 0 Å². The molecule has 1 heterocycles. The molecule has 1 aliphatic rings. The van der Waals surface area contributed by atoms with Crippen molar-refractivity contribution in [1.82, 2.24) is 4.98 Å². The molecule has 6 heteroatoms. The summed E-state index contributed by atoms with van der Waals surface area (Å²) in [6.07, 6.45) is 0. The van der Waals surface area contributed by atoms with Crippen LogP contribution in [0.1, 0.15) is 42.2 Å². The van der Waals surface area contributed by atoms with Gasteiger partial charge < -0.3 is 10.3 Å². The highest BCUT2D eigenvalue weighted by Gasteiger charge is 2.33. The second-order valence-electron chi connectivity index (χ2n) is 8.12. The van der Waals surface area contributed by atoms with Crippen LogP contribution in [0, 0.1) is 0 Å². The maximum Gasteiger partial charge on any atom is 0.255 e. The maximum absolute atomic E-state index is 13.6. The summed E-state index contributed by atoms with van der Waals surface area (Å²) in [6.45, 7) is 0. The number of aromatic nitrogens is 1. The van der Waals surface area contributed by atoms with E-state index in [-0.39, 0.29) is 50.3 Å². The molecule has 1 aliphatic carbocycles. The fraction of sp³-hybridized carbons (Fsp3) is 0. The lowest BCUT2D eigenvalue weighted by Gasteiger charge is -2.21. The van der Waals surface area contributed by atoms with Crippen LogP contribution in [0.5, 0.6) is 0 Å². The Morgan fingerprint density at radius 2 is 1.35 bits per heavy atom. The number of hydrogen-bond donors (Lipinski definition) is 2. The van der Waals surface area contributed by atoms with Crippen molar-refractivity contribution in [1.29, 1.82) is 0 Å². The van der Waals surface area contributed by atoms with Crippen LogP contribution in [0.25, 0.3) is 21.8 Å². The Morgan fingerprint density at radius 3 is 2.12 bits per heavy atom. The molecular weight excluding hydrogens is 428 g/mol. The number of ketones is 2. The number of rotatable bonds is 2. The van der Waals surface area contributed by atoms with Gasteiger partial charge in [-0.05, 0) is 30.3 Å². The van der Waals surface area contributed by atoms with Crippen LogP contribution in [-0.2, 0) is 0 Å². The third-order valence-electron chi connectivity index (χ3n) is 6.16. The Bertz CT molecular complexity index is 1750. The summed E-state index contributed by atoms with van der Waals surface area (Å²) in [7, 11) is 0. The van der Waals surface area contributed by atoms with E-state index in [1.54, 1.807) is 78.9 Å². The van der Waals surface area contributed by atoms with E-state index in [1.807, 2.05) is 0 Å². The average molecular weight is 444 g/mol. The molecule has 0 radical (unpaired) electrons. The predicted octanol–water partition coefficient (Wildman–Crippen LogP) is 4.71. The number of amides is 1. The van der Waals surface area contributed by atoms with Gasteiger partial charge in [0.1, 0.15) is 0 Å². The van der Waals surface area contributed by atoms with Crippen molar-refractivity contribution in [3.05, 3.63) is 123 Å². The quantitative estimate of drug-likeness (QED) is 0.378. The van der Waals surface area contributed by atoms with Crippen LogP contribution < -0.4 is 10.7 Å². The number of aromatic amines is 1. The predicted molar refractivity (Wildman–Crippen MR) is 130 cm³/mol. The molecule has 0 saturated heterocycles. The van der Waals surface area contributed by atoms with E-state index in [2.05, 4.69) is 10.3 Å². The number of anilines is 1. The van der Waals surface area contributed by atoms with Crippen LogP contribution in [0.15, 0.2) is 89.7 Å². The number of benzene rings is 4. The molecule has 0 saturated carbocycles. The molecule has 2 N–H and O–H groups in total. The third-order valence-corrected chi connectivity index (χ3v) is 6.16. The summed E-state index contributed by atoms with van der Waals surface area (Å²) in [5.41, 5.74) is 1.87. The molecule has 0 fully saturated rings. The summed E-state index contributed by atoms with van der Waals surface area (Å²) >= 11 is 0. The Kier molecular flexibility index (Phi) is 4.28. The van der Waals surface area contributed by atoms with Gasteiger partial charge in [0.15, 0.2) is 17.0 Å². The van der Waals surface area contributed by atoms with Gasteiger partial charge in [-0.3, -0.25) is 19.2 Å². The van der Waals surface area contributed by atoms with E-state index in [9.17, 15) is 19.2 Å². The molecule has 162 valence electrons. The highest BCUT2D eigenvalue weighted by molar-refractivity contribution is 6.33. The zero-order valence-corrected chi connectivity index (χ0v) is 17.7. The fourth-order valence-corrected chi connectivity index (χ4v) is 4.56. The van der Waals surface area contributed by atoms with E-state index in [0.717, 1.165) is 0 Å². The summed E-state index contributed by atoms with van der Waals surface area (Å²) in [4.78, 5) is 56.6. The zero-order valence-electron chi connectivity index (χ0n) is 17.7. The molecule has 0 unspecified atom stereocenters. The van der Waals surface area contributed by atoms with Gasteiger partial charge >= 0.3 is 0 Å². The first-order valence-corrected chi connectivity index (χ1v) is 10.7. The van der Waals surface area contributed by atoms with Gasteiger partial charge in [0, 0.05) is 33.2 Å². The number of H-pyrrole nitrogens is 1. The molecule has 1 amide bonds. The number of nitrogens with one attached hydrogen (secondary N) is 2. The van der Waals surface area contributed by atoms with Crippen LogP contribution in [0.3, 0.4) is 0 Å². The third kappa shape index (κ3) is 2.82. The first-order valence-electron chi connectivity index (χ1n) is 10.7. The number of hydrogen-bond acceptors (Lipinski definition) is 4. The topological polar surface area (TPSA) is 96.1 Å². The summed E-state index contributed by atoms with van der Waals surface area (Å²) in [5, 5.41) is 3.37. The molecule has 4 aromatic carbocycles. The highest BCUT2D eigenvalue weighted by Crippen LogP contribution is 2.35. The minimum absolute atomic E-state index is 0.138. The van der Waals surface area contributed by atoms with E-state index in [4.69, 9.17) is 0 Å². The molecule has 6 nitrogen and oxygen atoms in total. The smallest absolute Gasteiger partial charge is 0.255 e. The van der Waals surface area contributed by atoms with Crippen molar-refractivity contribution in [2.45, 2.75) is 0 Å². The normalized spacial score (nSPS) is 12.5. The van der Waals surface area contributed by atoms with E-state index in [0.29, 0.717) is 22.0 Å². The van der Waals surface area contributed by atoms with Gasteiger partial charge in [-0.15, -0.1) is 0 Å². The zero-order chi connectivity index (χ0) is 23.4. The largest absolute Gasteiger partial charge is 0.354 e. The summed E-state index contributed by atoms with van der Waals surface area (Å²) in [6, 6.07) is 23.6. The number of carbonyl (C=O) groups is 3. The number of pyridine rings is 1. The second kappa shape index (κ2) is 7.35. The van der Waals surface area contributed by atoms with Gasteiger partial charge in [0.2, 0.25) is 0 Å².